The van der Waals surface area contributed by atoms with E-state index in [4.69, 9.17) is 0 Å². The van der Waals surface area contributed by atoms with Crippen LogP contribution in [0.3, 0.4) is 0 Å². The van der Waals surface area contributed by atoms with E-state index in [1.165, 1.54) is 0 Å². The number of aromatic nitrogens is 3. The quantitative estimate of drug-likeness (QED) is 0.521. The van der Waals surface area contributed by atoms with E-state index < -0.39 is 0 Å². The number of aryl methyl sites for hydroxylation is 1. The fraction of sp³-hybridized carbons (Fsp3) is 0.0667. The number of nitrogens with one attached hydrogen (secondary N) is 1. The highest BCUT2D eigenvalue weighted by Gasteiger charge is 2.11. The maximum absolute atomic E-state index is 12.6. The molecule has 0 aliphatic carbocycles. The SMILES string of the molecule is Cc1cccc2c(=O)n3c(nc12)[nH]c1ccccc13. The second kappa shape index (κ2) is 3.45. The van der Waals surface area contributed by atoms with E-state index in [0.717, 1.165) is 22.1 Å². The highest BCUT2D eigenvalue weighted by Crippen LogP contribution is 2.17. The number of aromatic amines is 1. The average Bonchev–Trinajstić information content (AvgIpc) is 2.79. The molecule has 1 N–H and O–H groups in total. The number of H-pyrrole nitrogens is 1. The standard InChI is InChI=1S/C15H11N3O/c1-9-5-4-6-10-13(9)17-15-16-11-7-2-3-8-12(11)18(15)14(10)19/h2-8H,1H3,(H,16,17). The van der Waals surface area contributed by atoms with E-state index in [9.17, 15) is 4.79 Å². The van der Waals surface area contributed by atoms with Crippen molar-refractivity contribution in [3.05, 3.63) is 58.4 Å². The molecule has 0 unspecified atom stereocenters. The third-order valence-corrected chi connectivity index (χ3v) is 3.49. The summed E-state index contributed by atoms with van der Waals surface area (Å²) in [5.41, 5.74) is 3.52. The molecular weight excluding hydrogens is 238 g/mol. The molecule has 0 aliphatic rings. The molecule has 0 amide bonds. The Morgan fingerprint density at radius 2 is 1.95 bits per heavy atom. The van der Waals surface area contributed by atoms with Crippen LogP contribution in [0, 0.1) is 6.92 Å². The predicted molar refractivity (Wildman–Crippen MR) is 75.6 cm³/mol. The minimum absolute atomic E-state index is 0.0267. The lowest BCUT2D eigenvalue weighted by molar-refractivity contribution is 1.12. The highest BCUT2D eigenvalue weighted by atomic mass is 16.1. The second-order valence-corrected chi connectivity index (χ2v) is 4.69. The molecule has 4 nitrogen and oxygen atoms in total. The number of para-hydroxylation sites is 3. The molecule has 0 radical (unpaired) electrons. The van der Waals surface area contributed by atoms with E-state index in [2.05, 4.69) is 9.97 Å². The van der Waals surface area contributed by atoms with Crippen molar-refractivity contribution in [1.82, 2.24) is 14.4 Å². The third kappa shape index (κ3) is 1.28. The van der Waals surface area contributed by atoms with Gasteiger partial charge in [-0.15, -0.1) is 0 Å². The fourth-order valence-corrected chi connectivity index (χ4v) is 2.55. The van der Waals surface area contributed by atoms with Gasteiger partial charge in [0.1, 0.15) is 0 Å². The Morgan fingerprint density at radius 1 is 1.11 bits per heavy atom. The molecule has 0 saturated carbocycles. The molecule has 2 aromatic carbocycles. The number of benzene rings is 2. The molecule has 2 aromatic heterocycles. The summed E-state index contributed by atoms with van der Waals surface area (Å²) in [7, 11) is 0. The lowest BCUT2D eigenvalue weighted by Crippen LogP contribution is -2.14. The normalized spacial score (nSPS) is 11.6. The van der Waals surface area contributed by atoms with E-state index in [0.29, 0.717) is 11.2 Å². The zero-order valence-electron chi connectivity index (χ0n) is 10.3. The first-order valence-corrected chi connectivity index (χ1v) is 6.14. The Morgan fingerprint density at radius 3 is 2.84 bits per heavy atom. The molecular formula is C15H11N3O. The molecule has 0 bridgehead atoms. The average molecular weight is 249 g/mol. The Kier molecular flexibility index (Phi) is 1.87. The summed E-state index contributed by atoms with van der Waals surface area (Å²) in [6.45, 7) is 1.97. The zero-order valence-corrected chi connectivity index (χ0v) is 10.3. The number of hydrogen-bond donors (Lipinski definition) is 1. The number of nitrogens with zero attached hydrogens (tertiary/aromatic N) is 2. The molecule has 4 heteroatoms. The monoisotopic (exact) mass is 249 g/mol. The van der Waals surface area contributed by atoms with Gasteiger partial charge in [-0.25, -0.2) is 9.38 Å². The molecule has 0 spiro atoms. The van der Waals surface area contributed by atoms with Gasteiger partial charge in [0.2, 0.25) is 5.78 Å². The largest absolute Gasteiger partial charge is 0.323 e. The Bertz CT molecular complexity index is 995. The van der Waals surface area contributed by atoms with Crippen LogP contribution in [-0.4, -0.2) is 14.4 Å². The summed E-state index contributed by atoms with van der Waals surface area (Å²) >= 11 is 0. The Hall–Kier alpha value is -2.62. The lowest BCUT2D eigenvalue weighted by Gasteiger charge is -2.01. The van der Waals surface area contributed by atoms with Gasteiger partial charge >= 0.3 is 0 Å². The Labute approximate surface area is 108 Å². The van der Waals surface area contributed by atoms with Gasteiger partial charge in [0.25, 0.3) is 5.56 Å². The number of fused-ring (bicyclic) bond motifs is 4. The minimum atomic E-state index is -0.0267. The number of hydrogen-bond acceptors (Lipinski definition) is 2. The van der Waals surface area contributed by atoms with Crippen molar-refractivity contribution in [2.45, 2.75) is 6.92 Å². The first kappa shape index (κ1) is 10.3. The highest BCUT2D eigenvalue weighted by molar-refractivity contribution is 5.86. The molecule has 0 saturated heterocycles. The molecule has 19 heavy (non-hydrogen) atoms. The van der Waals surface area contributed by atoms with Crippen LogP contribution in [0.1, 0.15) is 5.56 Å². The van der Waals surface area contributed by atoms with Crippen molar-refractivity contribution in [1.29, 1.82) is 0 Å². The van der Waals surface area contributed by atoms with Crippen molar-refractivity contribution >= 4 is 27.7 Å². The molecule has 0 fully saturated rings. The Balaban J connectivity index is 2.38. The van der Waals surface area contributed by atoms with Crippen LogP contribution in [0.2, 0.25) is 0 Å². The van der Waals surface area contributed by atoms with Gasteiger partial charge in [0.05, 0.1) is 21.9 Å². The maximum atomic E-state index is 12.6. The van der Waals surface area contributed by atoms with Gasteiger partial charge in [-0.2, -0.15) is 0 Å². The van der Waals surface area contributed by atoms with E-state index >= 15 is 0 Å². The van der Waals surface area contributed by atoms with Gasteiger partial charge < -0.3 is 4.98 Å². The van der Waals surface area contributed by atoms with E-state index in [-0.39, 0.29) is 5.56 Å². The summed E-state index contributed by atoms with van der Waals surface area (Å²) in [5.74, 6) is 0.591. The van der Waals surface area contributed by atoms with Crippen molar-refractivity contribution in [3.63, 3.8) is 0 Å². The first-order chi connectivity index (χ1) is 9.25. The van der Waals surface area contributed by atoms with Crippen LogP contribution in [0.25, 0.3) is 27.7 Å². The van der Waals surface area contributed by atoms with Crippen LogP contribution in [0.5, 0.6) is 0 Å². The summed E-state index contributed by atoms with van der Waals surface area (Å²) in [4.78, 5) is 20.4. The molecule has 2 heterocycles. The summed E-state index contributed by atoms with van der Waals surface area (Å²) in [6, 6.07) is 13.4. The second-order valence-electron chi connectivity index (χ2n) is 4.69. The third-order valence-electron chi connectivity index (χ3n) is 3.49. The van der Waals surface area contributed by atoms with E-state index in [1.807, 2.05) is 49.4 Å². The van der Waals surface area contributed by atoms with Gasteiger partial charge in [-0.05, 0) is 30.7 Å². The molecule has 4 rings (SSSR count). The zero-order chi connectivity index (χ0) is 13.0. The van der Waals surface area contributed by atoms with Crippen LogP contribution >= 0.6 is 0 Å². The van der Waals surface area contributed by atoms with Gasteiger partial charge in [0, 0.05) is 0 Å². The van der Waals surface area contributed by atoms with Crippen LogP contribution in [0.15, 0.2) is 47.3 Å². The minimum Gasteiger partial charge on any atom is -0.323 e. The van der Waals surface area contributed by atoms with Crippen LogP contribution < -0.4 is 5.56 Å². The predicted octanol–water partition coefficient (Wildman–Crippen LogP) is 2.64. The van der Waals surface area contributed by atoms with Crippen molar-refractivity contribution < 1.29 is 0 Å². The number of rotatable bonds is 0. The number of imidazole rings is 1. The fourth-order valence-electron chi connectivity index (χ4n) is 2.55. The van der Waals surface area contributed by atoms with E-state index in [1.54, 1.807) is 4.40 Å². The van der Waals surface area contributed by atoms with Crippen molar-refractivity contribution in [2.75, 3.05) is 0 Å². The smallest absolute Gasteiger partial charge is 0.267 e. The van der Waals surface area contributed by atoms with Crippen LogP contribution in [-0.2, 0) is 0 Å². The van der Waals surface area contributed by atoms with Crippen LogP contribution in [0.4, 0.5) is 0 Å². The molecule has 92 valence electrons. The van der Waals surface area contributed by atoms with Crippen molar-refractivity contribution in [2.24, 2.45) is 0 Å². The molecule has 0 atom stereocenters. The summed E-state index contributed by atoms with van der Waals surface area (Å²) < 4.78 is 1.64. The van der Waals surface area contributed by atoms with Gasteiger partial charge in [-0.3, -0.25) is 4.79 Å². The molecule has 0 aliphatic heterocycles. The van der Waals surface area contributed by atoms with Crippen molar-refractivity contribution in [3.8, 4) is 0 Å². The van der Waals surface area contributed by atoms with Gasteiger partial charge in [-0.1, -0.05) is 24.3 Å². The summed E-state index contributed by atoms with van der Waals surface area (Å²) in [5, 5.41) is 0.655. The lowest BCUT2D eigenvalue weighted by atomic mass is 10.1. The topological polar surface area (TPSA) is 50.2 Å². The molecule has 4 aromatic rings. The van der Waals surface area contributed by atoms with Gasteiger partial charge in [0.15, 0.2) is 0 Å². The first-order valence-electron chi connectivity index (χ1n) is 6.14. The summed E-state index contributed by atoms with van der Waals surface area (Å²) in [6.07, 6.45) is 0. The maximum Gasteiger partial charge on any atom is 0.267 e.